The van der Waals surface area contributed by atoms with E-state index < -0.39 is 0 Å². The fourth-order valence-electron chi connectivity index (χ4n) is 2.77. The molecule has 0 saturated carbocycles. The molecule has 126 valence electrons. The number of hydrogen-bond donors (Lipinski definition) is 1. The van der Waals surface area contributed by atoms with Crippen LogP contribution in [0.15, 0.2) is 24.3 Å². The molecule has 23 heavy (non-hydrogen) atoms. The first-order valence-corrected chi connectivity index (χ1v) is 8.36. The van der Waals surface area contributed by atoms with E-state index in [-0.39, 0.29) is 17.9 Å². The predicted molar refractivity (Wildman–Crippen MR) is 89.6 cm³/mol. The van der Waals surface area contributed by atoms with Crippen molar-refractivity contribution in [1.82, 2.24) is 10.2 Å². The smallest absolute Gasteiger partial charge is 0.251 e. The molecule has 0 unspecified atom stereocenters. The fraction of sp³-hybridized carbons (Fsp3) is 0.556. The van der Waals surface area contributed by atoms with Crippen molar-refractivity contribution in [2.24, 2.45) is 0 Å². The number of ether oxygens (including phenoxy) is 1. The first kappa shape index (κ1) is 17.3. The van der Waals surface area contributed by atoms with Gasteiger partial charge >= 0.3 is 0 Å². The maximum atomic E-state index is 12.2. The van der Waals surface area contributed by atoms with Crippen LogP contribution in [0.3, 0.4) is 0 Å². The van der Waals surface area contributed by atoms with Crippen molar-refractivity contribution >= 4 is 11.8 Å². The third-order valence-corrected chi connectivity index (χ3v) is 4.28. The number of hydrogen-bond acceptors (Lipinski definition) is 3. The Morgan fingerprint density at radius 1 is 1.22 bits per heavy atom. The van der Waals surface area contributed by atoms with Crippen LogP contribution in [0.1, 0.15) is 49.4 Å². The van der Waals surface area contributed by atoms with E-state index in [1.807, 2.05) is 4.90 Å². The SMILES string of the molecule is CCCCC(=O)N1CCC(NC(=O)c2ccc(OC)cc2)CC1. The number of benzene rings is 1. The number of rotatable bonds is 6. The second-order valence-electron chi connectivity index (χ2n) is 5.96. The minimum Gasteiger partial charge on any atom is -0.497 e. The highest BCUT2D eigenvalue weighted by Gasteiger charge is 2.23. The summed E-state index contributed by atoms with van der Waals surface area (Å²) in [5.41, 5.74) is 0.632. The third-order valence-electron chi connectivity index (χ3n) is 4.28. The molecule has 1 heterocycles. The van der Waals surface area contributed by atoms with Gasteiger partial charge in [0.25, 0.3) is 5.91 Å². The summed E-state index contributed by atoms with van der Waals surface area (Å²) in [6.07, 6.45) is 4.27. The lowest BCUT2D eigenvalue weighted by Gasteiger charge is -2.32. The van der Waals surface area contributed by atoms with Crippen LogP contribution >= 0.6 is 0 Å². The summed E-state index contributed by atoms with van der Waals surface area (Å²) in [5, 5.41) is 3.06. The molecule has 0 aliphatic carbocycles. The molecule has 1 fully saturated rings. The van der Waals surface area contributed by atoms with E-state index in [0.29, 0.717) is 12.0 Å². The molecule has 2 rings (SSSR count). The molecule has 0 aromatic heterocycles. The van der Waals surface area contributed by atoms with Gasteiger partial charge < -0.3 is 15.0 Å². The minimum absolute atomic E-state index is 0.0663. The standard InChI is InChI=1S/C18H26N2O3/c1-3-4-5-17(21)20-12-10-15(11-13-20)19-18(22)14-6-8-16(23-2)9-7-14/h6-9,15H,3-5,10-13H2,1-2H3,(H,19,22). The van der Waals surface area contributed by atoms with Crippen LogP contribution in [0.5, 0.6) is 5.75 Å². The summed E-state index contributed by atoms with van der Waals surface area (Å²) < 4.78 is 5.09. The van der Waals surface area contributed by atoms with Crippen molar-refractivity contribution in [3.05, 3.63) is 29.8 Å². The third kappa shape index (κ3) is 4.98. The van der Waals surface area contributed by atoms with E-state index in [0.717, 1.165) is 44.5 Å². The van der Waals surface area contributed by atoms with Crippen molar-refractivity contribution in [2.75, 3.05) is 20.2 Å². The summed E-state index contributed by atoms with van der Waals surface area (Å²) >= 11 is 0. The zero-order valence-electron chi connectivity index (χ0n) is 14.0. The highest BCUT2D eigenvalue weighted by atomic mass is 16.5. The second-order valence-corrected chi connectivity index (χ2v) is 5.96. The Hall–Kier alpha value is -2.04. The summed E-state index contributed by atoms with van der Waals surface area (Å²) in [5.74, 6) is 0.913. The predicted octanol–water partition coefficient (Wildman–Crippen LogP) is 2.61. The van der Waals surface area contributed by atoms with Gasteiger partial charge in [-0.1, -0.05) is 13.3 Å². The van der Waals surface area contributed by atoms with Crippen LogP contribution < -0.4 is 10.1 Å². The van der Waals surface area contributed by atoms with E-state index >= 15 is 0 Å². The average molecular weight is 318 g/mol. The summed E-state index contributed by atoms with van der Waals surface area (Å²) in [7, 11) is 1.60. The number of amides is 2. The molecule has 1 aromatic rings. The highest BCUT2D eigenvalue weighted by molar-refractivity contribution is 5.94. The number of carbonyl (C=O) groups is 2. The van der Waals surface area contributed by atoms with E-state index in [1.165, 1.54) is 0 Å². The molecule has 1 aliphatic rings. The maximum Gasteiger partial charge on any atom is 0.251 e. The van der Waals surface area contributed by atoms with Gasteiger partial charge in [0, 0.05) is 31.1 Å². The number of carbonyl (C=O) groups excluding carboxylic acids is 2. The Bertz CT molecular complexity index is 520. The number of unbranched alkanes of at least 4 members (excludes halogenated alkanes) is 1. The molecule has 1 aliphatic heterocycles. The Kier molecular flexibility index (Phi) is 6.44. The molecule has 1 N–H and O–H groups in total. The molecular weight excluding hydrogens is 292 g/mol. The van der Waals surface area contributed by atoms with Gasteiger partial charge in [-0.25, -0.2) is 0 Å². The van der Waals surface area contributed by atoms with Gasteiger partial charge in [0.05, 0.1) is 7.11 Å². The lowest BCUT2D eigenvalue weighted by Crippen LogP contribution is -2.46. The van der Waals surface area contributed by atoms with Crippen LogP contribution in [0.4, 0.5) is 0 Å². The second kappa shape index (κ2) is 8.56. The quantitative estimate of drug-likeness (QED) is 0.877. The van der Waals surface area contributed by atoms with Gasteiger partial charge in [0.1, 0.15) is 5.75 Å². The molecular formula is C18H26N2O3. The van der Waals surface area contributed by atoms with Gasteiger partial charge in [0.15, 0.2) is 0 Å². The lowest BCUT2D eigenvalue weighted by molar-refractivity contribution is -0.132. The Morgan fingerprint density at radius 3 is 2.43 bits per heavy atom. The normalized spacial score (nSPS) is 15.3. The summed E-state index contributed by atoms with van der Waals surface area (Å²) in [6, 6.07) is 7.23. The Morgan fingerprint density at radius 2 is 1.87 bits per heavy atom. The minimum atomic E-state index is -0.0663. The highest BCUT2D eigenvalue weighted by Crippen LogP contribution is 2.15. The van der Waals surface area contributed by atoms with E-state index in [2.05, 4.69) is 12.2 Å². The molecule has 0 bridgehead atoms. The monoisotopic (exact) mass is 318 g/mol. The molecule has 1 aromatic carbocycles. The Labute approximate surface area is 138 Å². The first-order chi connectivity index (χ1) is 11.1. The van der Waals surface area contributed by atoms with Gasteiger partial charge in [-0.3, -0.25) is 9.59 Å². The van der Waals surface area contributed by atoms with Crippen molar-refractivity contribution in [1.29, 1.82) is 0 Å². The zero-order valence-corrected chi connectivity index (χ0v) is 14.0. The number of piperidine rings is 1. The maximum absolute atomic E-state index is 12.2. The first-order valence-electron chi connectivity index (χ1n) is 8.36. The molecule has 1 saturated heterocycles. The number of nitrogens with zero attached hydrogens (tertiary/aromatic N) is 1. The van der Waals surface area contributed by atoms with Crippen LogP contribution in [0.25, 0.3) is 0 Å². The van der Waals surface area contributed by atoms with E-state index in [1.54, 1.807) is 31.4 Å². The average Bonchev–Trinajstić information content (AvgIpc) is 2.60. The molecule has 0 radical (unpaired) electrons. The van der Waals surface area contributed by atoms with Crippen LogP contribution in [-0.4, -0.2) is 43.0 Å². The van der Waals surface area contributed by atoms with E-state index in [4.69, 9.17) is 4.74 Å². The van der Waals surface area contributed by atoms with E-state index in [9.17, 15) is 9.59 Å². The van der Waals surface area contributed by atoms with Crippen molar-refractivity contribution < 1.29 is 14.3 Å². The molecule has 5 heteroatoms. The van der Waals surface area contributed by atoms with Gasteiger partial charge in [0.2, 0.25) is 5.91 Å². The van der Waals surface area contributed by atoms with Crippen LogP contribution in [0, 0.1) is 0 Å². The number of nitrogens with one attached hydrogen (secondary N) is 1. The van der Waals surface area contributed by atoms with Crippen molar-refractivity contribution in [2.45, 2.75) is 45.1 Å². The topological polar surface area (TPSA) is 58.6 Å². The lowest BCUT2D eigenvalue weighted by atomic mass is 10.0. The number of likely N-dealkylation sites (tertiary alicyclic amines) is 1. The van der Waals surface area contributed by atoms with Gasteiger partial charge in [-0.05, 0) is 43.5 Å². The van der Waals surface area contributed by atoms with Crippen LogP contribution in [0.2, 0.25) is 0 Å². The number of methoxy groups -OCH3 is 1. The molecule has 0 spiro atoms. The Balaban J connectivity index is 1.79. The largest absolute Gasteiger partial charge is 0.497 e. The van der Waals surface area contributed by atoms with Crippen molar-refractivity contribution in [3.63, 3.8) is 0 Å². The van der Waals surface area contributed by atoms with Crippen molar-refractivity contribution in [3.8, 4) is 5.75 Å². The molecule has 2 amide bonds. The summed E-state index contributed by atoms with van der Waals surface area (Å²) in [4.78, 5) is 26.2. The zero-order chi connectivity index (χ0) is 16.7. The fourth-order valence-corrected chi connectivity index (χ4v) is 2.77. The summed E-state index contributed by atoms with van der Waals surface area (Å²) in [6.45, 7) is 3.56. The van der Waals surface area contributed by atoms with Gasteiger partial charge in [-0.15, -0.1) is 0 Å². The molecule has 0 atom stereocenters. The molecule has 5 nitrogen and oxygen atoms in total. The van der Waals surface area contributed by atoms with Gasteiger partial charge in [-0.2, -0.15) is 0 Å². The van der Waals surface area contributed by atoms with Crippen LogP contribution in [-0.2, 0) is 4.79 Å².